The minimum Gasteiger partial charge on any atom is -0.465 e. The number of fused-ring (bicyclic) bond motifs is 1. The summed E-state index contributed by atoms with van der Waals surface area (Å²) < 4.78 is 12.5. The Kier molecular flexibility index (Phi) is 4.94. The van der Waals surface area contributed by atoms with E-state index in [9.17, 15) is 9.59 Å². The average molecular weight is 358 g/mol. The Hall–Kier alpha value is -2.50. The topological polar surface area (TPSA) is 60.8 Å². The summed E-state index contributed by atoms with van der Waals surface area (Å²) in [6.45, 7) is 7.00. The van der Waals surface area contributed by atoms with Crippen molar-refractivity contribution in [2.75, 3.05) is 20.2 Å². The number of esters is 1. The average Bonchev–Trinajstić information content (AvgIpc) is 3.02. The standard InChI is InChI=1S/C20H26N2O4/c1-20(2,3)26-19(24)21-10-8-16(9-11-21)22-12-7-14-13-15(18(23)25-4)5-6-17(14)22/h5-7,12-13,16H,8-11H2,1-4H3. The van der Waals surface area contributed by atoms with Crippen LogP contribution in [0.15, 0.2) is 30.5 Å². The van der Waals surface area contributed by atoms with Crippen molar-refractivity contribution >= 4 is 23.0 Å². The van der Waals surface area contributed by atoms with E-state index in [0.29, 0.717) is 24.7 Å². The first-order chi connectivity index (χ1) is 12.3. The van der Waals surface area contributed by atoms with Crippen LogP contribution in [0.2, 0.25) is 0 Å². The fraction of sp³-hybridized carbons (Fsp3) is 0.500. The normalized spacial score (nSPS) is 15.9. The van der Waals surface area contributed by atoms with Crippen molar-refractivity contribution in [3.05, 3.63) is 36.0 Å². The van der Waals surface area contributed by atoms with Crippen LogP contribution in [0.3, 0.4) is 0 Å². The van der Waals surface area contributed by atoms with Crippen LogP contribution in [0.25, 0.3) is 10.9 Å². The zero-order valence-electron chi connectivity index (χ0n) is 15.8. The number of carbonyl (C=O) groups excluding carboxylic acids is 2. The molecule has 0 spiro atoms. The van der Waals surface area contributed by atoms with Crippen LogP contribution >= 0.6 is 0 Å². The molecule has 1 aromatic heterocycles. The van der Waals surface area contributed by atoms with Gasteiger partial charge in [-0.1, -0.05) is 0 Å². The maximum absolute atomic E-state index is 12.2. The molecule has 1 saturated heterocycles. The second-order valence-electron chi connectivity index (χ2n) is 7.69. The summed E-state index contributed by atoms with van der Waals surface area (Å²) >= 11 is 0. The highest BCUT2D eigenvalue weighted by Crippen LogP contribution is 2.29. The molecule has 0 radical (unpaired) electrons. The summed E-state index contributed by atoms with van der Waals surface area (Å²) in [5.41, 5.74) is 1.17. The number of likely N-dealkylation sites (tertiary alicyclic amines) is 1. The Bertz CT molecular complexity index is 811. The zero-order chi connectivity index (χ0) is 18.9. The van der Waals surface area contributed by atoms with Crippen molar-refractivity contribution in [3.63, 3.8) is 0 Å². The molecular weight excluding hydrogens is 332 g/mol. The van der Waals surface area contributed by atoms with E-state index in [1.807, 2.05) is 39.0 Å². The minimum absolute atomic E-state index is 0.240. The molecule has 0 saturated carbocycles. The van der Waals surface area contributed by atoms with Crippen LogP contribution in [-0.2, 0) is 9.47 Å². The molecule has 2 aromatic rings. The smallest absolute Gasteiger partial charge is 0.410 e. The van der Waals surface area contributed by atoms with Gasteiger partial charge in [0.05, 0.1) is 12.7 Å². The van der Waals surface area contributed by atoms with E-state index in [4.69, 9.17) is 9.47 Å². The van der Waals surface area contributed by atoms with Gasteiger partial charge in [0.25, 0.3) is 0 Å². The van der Waals surface area contributed by atoms with Crippen molar-refractivity contribution in [2.45, 2.75) is 45.3 Å². The number of methoxy groups -OCH3 is 1. The zero-order valence-corrected chi connectivity index (χ0v) is 15.8. The molecule has 0 N–H and O–H groups in total. The number of nitrogens with zero attached hydrogens (tertiary/aromatic N) is 2. The Morgan fingerprint density at radius 1 is 1.12 bits per heavy atom. The van der Waals surface area contributed by atoms with Gasteiger partial charge in [0, 0.05) is 36.2 Å². The fourth-order valence-corrected chi connectivity index (χ4v) is 3.38. The van der Waals surface area contributed by atoms with E-state index in [-0.39, 0.29) is 12.1 Å². The molecule has 3 rings (SSSR count). The summed E-state index contributed by atoms with van der Waals surface area (Å²) in [7, 11) is 1.39. The van der Waals surface area contributed by atoms with Gasteiger partial charge >= 0.3 is 12.1 Å². The lowest BCUT2D eigenvalue weighted by atomic mass is 10.0. The largest absolute Gasteiger partial charge is 0.465 e. The van der Waals surface area contributed by atoms with Gasteiger partial charge in [-0.25, -0.2) is 9.59 Å². The molecule has 0 unspecified atom stereocenters. The molecule has 1 aromatic carbocycles. The van der Waals surface area contributed by atoms with Crippen LogP contribution in [-0.4, -0.2) is 47.3 Å². The lowest BCUT2D eigenvalue weighted by Gasteiger charge is -2.34. The molecule has 26 heavy (non-hydrogen) atoms. The highest BCUT2D eigenvalue weighted by Gasteiger charge is 2.27. The second-order valence-corrected chi connectivity index (χ2v) is 7.69. The molecule has 0 atom stereocenters. The van der Waals surface area contributed by atoms with Crippen molar-refractivity contribution in [3.8, 4) is 0 Å². The summed E-state index contributed by atoms with van der Waals surface area (Å²) in [5.74, 6) is -0.328. The van der Waals surface area contributed by atoms with Gasteiger partial charge in [-0.05, 0) is 57.9 Å². The Balaban J connectivity index is 1.70. The van der Waals surface area contributed by atoms with E-state index in [1.165, 1.54) is 7.11 Å². The van der Waals surface area contributed by atoms with Crippen molar-refractivity contribution in [1.29, 1.82) is 0 Å². The highest BCUT2D eigenvalue weighted by atomic mass is 16.6. The number of benzene rings is 1. The Morgan fingerprint density at radius 3 is 2.42 bits per heavy atom. The number of hydrogen-bond donors (Lipinski definition) is 0. The third-order valence-corrected chi connectivity index (χ3v) is 4.65. The van der Waals surface area contributed by atoms with E-state index < -0.39 is 5.60 Å². The van der Waals surface area contributed by atoms with Gasteiger partial charge in [-0.15, -0.1) is 0 Å². The quantitative estimate of drug-likeness (QED) is 0.761. The molecule has 1 amide bonds. The Labute approximate surface area is 153 Å². The third-order valence-electron chi connectivity index (χ3n) is 4.65. The van der Waals surface area contributed by atoms with Gasteiger partial charge in [-0.3, -0.25) is 0 Å². The first kappa shape index (κ1) is 18.3. The number of amides is 1. The summed E-state index contributed by atoms with van der Waals surface area (Å²) in [4.78, 5) is 25.7. The van der Waals surface area contributed by atoms with Crippen molar-refractivity contribution in [1.82, 2.24) is 9.47 Å². The van der Waals surface area contributed by atoms with Gasteiger partial charge in [0.2, 0.25) is 0 Å². The van der Waals surface area contributed by atoms with Crippen LogP contribution in [0.1, 0.15) is 50.0 Å². The van der Waals surface area contributed by atoms with E-state index in [2.05, 4.69) is 10.8 Å². The summed E-state index contributed by atoms with van der Waals surface area (Å²) in [6.07, 6.45) is 3.57. The molecule has 6 heteroatoms. The van der Waals surface area contributed by atoms with Gasteiger partial charge in [0.1, 0.15) is 5.60 Å². The molecular formula is C20H26N2O4. The van der Waals surface area contributed by atoms with Gasteiger partial charge < -0.3 is 18.9 Å². The van der Waals surface area contributed by atoms with Crippen LogP contribution in [0.5, 0.6) is 0 Å². The van der Waals surface area contributed by atoms with Crippen molar-refractivity contribution in [2.24, 2.45) is 0 Å². The van der Waals surface area contributed by atoms with E-state index in [0.717, 1.165) is 23.7 Å². The maximum atomic E-state index is 12.2. The third kappa shape index (κ3) is 3.84. The number of piperidine rings is 1. The van der Waals surface area contributed by atoms with E-state index in [1.54, 1.807) is 11.0 Å². The number of ether oxygens (including phenoxy) is 2. The molecule has 0 aliphatic carbocycles. The first-order valence-electron chi connectivity index (χ1n) is 8.95. The predicted molar refractivity (Wildman–Crippen MR) is 99.4 cm³/mol. The van der Waals surface area contributed by atoms with Gasteiger partial charge in [-0.2, -0.15) is 0 Å². The van der Waals surface area contributed by atoms with Crippen LogP contribution < -0.4 is 0 Å². The fourth-order valence-electron chi connectivity index (χ4n) is 3.38. The minimum atomic E-state index is -0.470. The van der Waals surface area contributed by atoms with Crippen LogP contribution in [0, 0.1) is 0 Å². The lowest BCUT2D eigenvalue weighted by Crippen LogP contribution is -2.42. The summed E-state index contributed by atoms with van der Waals surface area (Å²) in [6, 6.07) is 7.95. The first-order valence-corrected chi connectivity index (χ1v) is 8.95. The van der Waals surface area contributed by atoms with Gasteiger partial charge in [0.15, 0.2) is 0 Å². The number of carbonyl (C=O) groups is 2. The molecule has 6 nitrogen and oxygen atoms in total. The number of rotatable bonds is 2. The number of aromatic nitrogens is 1. The maximum Gasteiger partial charge on any atom is 0.410 e. The highest BCUT2D eigenvalue weighted by molar-refractivity contribution is 5.94. The molecule has 140 valence electrons. The predicted octanol–water partition coefficient (Wildman–Crippen LogP) is 4.00. The molecule has 1 aliphatic rings. The van der Waals surface area contributed by atoms with Crippen molar-refractivity contribution < 1.29 is 19.1 Å². The van der Waals surface area contributed by atoms with Crippen LogP contribution in [0.4, 0.5) is 4.79 Å². The lowest BCUT2D eigenvalue weighted by molar-refractivity contribution is 0.0189. The molecule has 0 bridgehead atoms. The SMILES string of the molecule is COC(=O)c1ccc2c(ccn2C2CCN(C(=O)OC(C)(C)C)CC2)c1. The molecule has 2 heterocycles. The molecule has 1 aliphatic heterocycles. The number of hydrogen-bond acceptors (Lipinski definition) is 4. The second kappa shape index (κ2) is 7.02. The molecule has 1 fully saturated rings. The monoisotopic (exact) mass is 358 g/mol. The Morgan fingerprint density at radius 2 is 1.81 bits per heavy atom. The summed E-state index contributed by atoms with van der Waals surface area (Å²) in [5, 5.41) is 1.02. The van der Waals surface area contributed by atoms with E-state index >= 15 is 0 Å².